The number of hydrogen-bond acceptors (Lipinski definition) is 6. The van der Waals surface area contributed by atoms with E-state index in [1.807, 2.05) is 26.0 Å². The Morgan fingerprint density at radius 1 is 1.06 bits per heavy atom. The summed E-state index contributed by atoms with van der Waals surface area (Å²) < 4.78 is 50.8. The number of benzene rings is 1. The van der Waals surface area contributed by atoms with Gasteiger partial charge in [0.1, 0.15) is 23.0 Å². The van der Waals surface area contributed by atoms with Crippen molar-refractivity contribution in [1.82, 2.24) is 15.0 Å². The quantitative estimate of drug-likeness (QED) is 0.498. The number of anilines is 2. The molecule has 1 saturated heterocycles. The minimum absolute atomic E-state index is 0.0164. The Balaban J connectivity index is 1.42. The largest absolute Gasteiger partial charge is 0.433 e. The molecule has 2 aliphatic rings. The van der Waals surface area contributed by atoms with E-state index in [1.165, 1.54) is 18.0 Å². The molecule has 5 rings (SSSR count). The number of halogens is 4. The number of alkyl halides is 3. The first-order valence-corrected chi connectivity index (χ1v) is 10.8. The van der Waals surface area contributed by atoms with Crippen molar-refractivity contribution in [2.75, 3.05) is 5.32 Å². The summed E-state index contributed by atoms with van der Waals surface area (Å²) in [4.78, 5) is 11.9. The van der Waals surface area contributed by atoms with Gasteiger partial charge in [-0.15, -0.1) is 0 Å². The Hall–Kier alpha value is -2.75. The zero-order chi connectivity index (χ0) is 23.4. The van der Waals surface area contributed by atoms with Crippen molar-refractivity contribution >= 4 is 23.1 Å². The maximum atomic E-state index is 12.9. The average Bonchev–Trinajstić information content (AvgIpc) is 3.04. The van der Waals surface area contributed by atoms with Gasteiger partial charge in [0, 0.05) is 30.2 Å². The fraction of sp³-hybridized carbons (Fsp3) is 0.348. The second-order valence-electron chi connectivity index (χ2n) is 8.51. The molecule has 0 radical (unpaired) electrons. The summed E-state index contributed by atoms with van der Waals surface area (Å²) in [5, 5.41) is 3.03. The van der Waals surface area contributed by atoms with Gasteiger partial charge >= 0.3 is 6.18 Å². The SMILES string of the molecule is CC1(C)O[C@H]2Cc3cccc(Nc4cc(-c5ccc(C(F)(F)F)nc5Cl)ncn4)c3C[C@H]2O1. The van der Waals surface area contributed by atoms with Gasteiger partial charge in [-0.1, -0.05) is 23.7 Å². The van der Waals surface area contributed by atoms with E-state index in [9.17, 15) is 13.2 Å². The van der Waals surface area contributed by atoms with E-state index in [4.69, 9.17) is 21.1 Å². The van der Waals surface area contributed by atoms with Crippen LogP contribution >= 0.6 is 11.6 Å². The van der Waals surface area contributed by atoms with Crippen LogP contribution in [0.4, 0.5) is 24.7 Å². The summed E-state index contributed by atoms with van der Waals surface area (Å²) in [6.45, 7) is 3.83. The van der Waals surface area contributed by atoms with Crippen LogP contribution < -0.4 is 5.32 Å². The van der Waals surface area contributed by atoms with E-state index in [0.29, 0.717) is 17.9 Å². The lowest BCUT2D eigenvalue weighted by molar-refractivity contribution is -0.145. The van der Waals surface area contributed by atoms with Crippen LogP contribution in [0, 0.1) is 0 Å². The van der Waals surface area contributed by atoms with Crippen molar-refractivity contribution in [3.8, 4) is 11.3 Å². The van der Waals surface area contributed by atoms with Gasteiger partial charge in [0.25, 0.3) is 0 Å². The Bertz CT molecular complexity index is 1220. The fourth-order valence-electron chi connectivity index (χ4n) is 4.35. The van der Waals surface area contributed by atoms with Crippen LogP contribution in [0.25, 0.3) is 11.3 Å². The third-order valence-corrected chi connectivity index (χ3v) is 6.02. The molecular formula is C23H20ClF3N4O2. The number of pyridine rings is 1. The topological polar surface area (TPSA) is 69.2 Å². The maximum Gasteiger partial charge on any atom is 0.433 e. The van der Waals surface area contributed by atoms with Gasteiger partial charge in [0.15, 0.2) is 5.79 Å². The molecule has 33 heavy (non-hydrogen) atoms. The molecule has 172 valence electrons. The van der Waals surface area contributed by atoms with Gasteiger partial charge in [0.2, 0.25) is 0 Å². The predicted molar refractivity (Wildman–Crippen MR) is 116 cm³/mol. The van der Waals surface area contributed by atoms with Crippen molar-refractivity contribution < 1.29 is 22.6 Å². The van der Waals surface area contributed by atoms with Crippen LogP contribution in [0.1, 0.15) is 30.7 Å². The van der Waals surface area contributed by atoms with E-state index in [-0.39, 0.29) is 22.9 Å². The average molecular weight is 477 g/mol. The molecule has 1 fully saturated rings. The first kappa shape index (κ1) is 22.1. The minimum atomic E-state index is -4.57. The molecule has 0 amide bonds. The van der Waals surface area contributed by atoms with Crippen molar-refractivity contribution in [2.45, 2.75) is 50.9 Å². The van der Waals surface area contributed by atoms with Gasteiger partial charge in [0.05, 0.1) is 17.9 Å². The summed E-state index contributed by atoms with van der Waals surface area (Å²) in [6, 6.07) is 9.75. The van der Waals surface area contributed by atoms with Crippen molar-refractivity contribution in [2.24, 2.45) is 0 Å². The van der Waals surface area contributed by atoms with E-state index in [2.05, 4.69) is 26.3 Å². The van der Waals surface area contributed by atoms with Gasteiger partial charge in [-0.3, -0.25) is 0 Å². The Morgan fingerprint density at radius 3 is 2.55 bits per heavy atom. The Morgan fingerprint density at radius 2 is 1.82 bits per heavy atom. The summed E-state index contributed by atoms with van der Waals surface area (Å²) in [7, 11) is 0. The second-order valence-corrected chi connectivity index (χ2v) is 8.87. The van der Waals surface area contributed by atoms with Crippen LogP contribution in [0.5, 0.6) is 0 Å². The molecule has 2 atom stereocenters. The lowest BCUT2D eigenvalue weighted by Crippen LogP contribution is -2.32. The number of rotatable bonds is 3. The summed E-state index contributed by atoms with van der Waals surface area (Å²) in [6.07, 6.45) is -1.82. The summed E-state index contributed by atoms with van der Waals surface area (Å²) in [5.41, 5.74) is 2.76. The zero-order valence-corrected chi connectivity index (χ0v) is 18.5. The van der Waals surface area contributed by atoms with Crippen LogP contribution in [0.2, 0.25) is 5.15 Å². The molecule has 3 heterocycles. The predicted octanol–water partition coefficient (Wildman–Crippen LogP) is 5.57. The molecule has 1 N–H and O–H groups in total. The number of ether oxygens (including phenoxy) is 2. The smallest absolute Gasteiger partial charge is 0.344 e. The van der Waals surface area contributed by atoms with Crippen molar-refractivity contribution in [3.63, 3.8) is 0 Å². The van der Waals surface area contributed by atoms with Crippen LogP contribution in [-0.2, 0) is 28.5 Å². The monoisotopic (exact) mass is 476 g/mol. The number of hydrogen-bond donors (Lipinski definition) is 1. The highest BCUT2D eigenvalue weighted by Gasteiger charge is 2.44. The van der Waals surface area contributed by atoms with E-state index in [1.54, 1.807) is 6.07 Å². The number of aromatic nitrogens is 3. The molecular weight excluding hydrogens is 457 g/mol. The number of nitrogens with zero attached hydrogens (tertiary/aromatic N) is 3. The first-order valence-electron chi connectivity index (χ1n) is 10.4. The summed E-state index contributed by atoms with van der Waals surface area (Å²) >= 11 is 6.03. The maximum absolute atomic E-state index is 12.9. The molecule has 0 saturated carbocycles. The molecule has 2 aromatic heterocycles. The van der Waals surface area contributed by atoms with Crippen LogP contribution in [0.3, 0.4) is 0 Å². The third kappa shape index (κ3) is 4.40. The molecule has 3 aromatic rings. The molecule has 0 spiro atoms. The van der Waals surface area contributed by atoms with Gasteiger partial charge in [-0.25, -0.2) is 15.0 Å². The second kappa shape index (κ2) is 7.93. The lowest BCUT2D eigenvalue weighted by Gasteiger charge is -2.27. The van der Waals surface area contributed by atoms with Gasteiger partial charge < -0.3 is 14.8 Å². The van der Waals surface area contributed by atoms with Gasteiger partial charge in [-0.2, -0.15) is 13.2 Å². The highest BCUT2D eigenvalue weighted by Crippen LogP contribution is 2.39. The molecule has 10 heteroatoms. The highest BCUT2D eigenvalue weighted by atomic mass is 35.5. The van der Waals surface area contributed by atoms with Crippen LogP contribution in [-0.4, -0.2) is 32.9 Å². The van der Waals surface area contributed by atoms with E-state index >= 15 is 0 Å². The molecule has 1 aliphatic heterocycles. The normalized spacial score (nSPS) is 21.4. The van der Waals surface area contributed by atoms with Crippen molar-refractivity contribution in [3.05, 3.63) is 64.7 Å². The van der Waals surface area contributed by atoms with E-state index < -0.39 is 17.7 Å². The summed E-state index contributed by atoms with van der Waals surface area (Å²) in [5.74, 6) is -0.128. The third-order valence-electron chi connectivity index (χ3n) is 5.73. The van der Waals surface area contributed by atoms with Crippen LogP contribution in [0.15, 0.2) is 42.7 Å². The number of nitrogens with one attached hydrogen (secondary N) is 1. The molecule has 1 aromatic carbocycles. The fourth-order valence-corrected chi connectivity index (χ4v) is 4.60. The zero-order valence-electron chi connectivity index (χ0n) is 17.8. The lowest BCUT2D eigenvalue weighted by atomic mass is 9.86. The molecule has 1 aliphatic carbocycles. The number of fused-ring (bicyclic) bond motifs is 2. The Kier molecular flexibility index (Phi) is 5.30. The molecule has 0 unspecified atom stereocenters. The highest BCUT2D eigenvalue weighted by molar-refractivity contribution is 6.32. The standard InChI is InChI=1S/C23H20ClF3N4O2/c1-22(2)32-17-8-12-4-3-5-15(14(12)9-18(17)33-22)30-20-10-16(28-11-29-20)13-6-7-19(23(25,26)27)31-21(13)24/h3-7,10-11,17-18H,8-9H2,1-2H3,(H,28,29,30)/t17-,18+/m0/s1. The minimum Gasteiger partial charge on any atom is -0.344 e. The molecule has 0 bridgehead atoms. The van der Waals surface area contributed by atoms with Gasteiger partial charge in [-0.05, 0) is 43.2 Å². The first-order chi connectivity index (χ1) is 15.6. The Labute approximate surface area is 193 Å². The van der Waals surface area contributed by atoms with E-state index in [0.717, 1.165) is 23.7 Å². The van der Waals surface area contributed by atoms with Crippen molar-refractivity contribution in [1.29, 1.82) is 0 Å². The molecule has 6 nitrogen and oxygen atoms in total.